The van der Waals surface area contributed by atoms with Crippen LogP contribution in [0.3, 0.4) is 0 Å². The van der Waals surface area contributed by atoms with Crippen LogP contribution in [0, 0.1) is 5.41 Å². The molecule has 1 atom stereocenters. The number of nitrogens with one attached hydrogen (secondary N) is 4. The number of rotatable bonds is 7. The summed E-state index contributed by atoms with van der Waals surface area (Å²) in [5.41, 5.74) is 2.51. The van der Waals surface area contributed by atoms with Crippen molar-refractivity contribution < 1.29 is 9.59 Å². The third kappa shape index (κ3) is 6.57. The van der Waals surface area contributed by atoms with E-state index in [1.54, 1.807) is 72.8 Å². The molecule has 7 nitrogen and oxygen atoms in total. The summed E-state index contributed by atoms with van der Waals surface area (Å²) in [7, 11) is 1.85. The van der Waals surface area contributed by atoms with Gasteiger partial charge in [0.05, 0.1) is 0 Å². The number of hydrogen-bond acceptors (Lipinski definition) is 3. The van der Waals surface area contributed by atoms with Crippen molar-refractivity contribution in [2.75, 3.05) is 24.2 Å². The molecule has 0 saturated heterocycles. The second-order valence-corrected chi connectivity index (χ2v) is 7.81. The van der Waals surface area contributed by atoms with Gasteiger partial charge in [-0.3, -0.25) is 10.2 Å². The van der Waals surface area contributed by atoms with E-state index < -0.39 is 12.1 Å². The molecule has 0 radical (unpaired) electrons. The van der Waals surface area contributed by atoms with Crippen molar-refractivity contribution in [2.45, 2.75) is 13.0 Å². The van der Waals surface area contributed by atoms with E-state index in [0.717, 1.165) is 12.1 Å². The number of amidine groups is 1. The Morgan fingerprint density at radius 3 is 2.09 bits per heavy atom. The average molecular weight is 464 g/mol. The monoisotopic (exact) mass is 463 g/mol. The minimum Gasteiger partial charge on any atom is -0.360 e. The standard InChI is InChI=1S/C25H26ClN5O2/c1-3-31(2)23(27)18-9-13-20(14-10-18)28-24(32)22(17-7-5-4-6-8-17)30-25(33)29-21-15-11-19(26)12-16-21/h4-16,22,27H,3H2,1-2H3,(H,28,32)(H2,29,30,33). The molecule has 0 fully saturated rings. The predicted molar refractivity (Wildman–Crippen MR) is 133 cm³/mol. The first kappa shape index (κ1) is 23.8. The highest BCUT2D eigenvalue weighted by Gasteiger charge is 2.23. The summed E-state index contributed by atoms with van der Waals surface area (Å²) < 4.78 is 0. The summed E-state index contributed by atoms with van der Waals surface area (Å²) in [6.07, 6.45) is 0. The fraction of sp³-hybridized carbons (Fsp3) is 0.160. The predicted octanol–water partition coefficient (Wildman–Crippen LogP) is 5.12. The first-order valence-electron chi connectivity index (χ1n) is 10.5. The van der Waals surface area contributed by atoms with Gasteiger partial charge in [0.15, 0.2) is 0 Å². The van der Waals surface area contributed by atoms with E-state index in [1.165, 1.54) is 0 Å². The van der Waals surface area contributed by atoms with Crippen LogP contribution in [0.2, 0.25) is 5.02 Å². The molecule has 8 heteroatoms. The Hall–Kier alpha value is -3.84. The fourth-order valence-electron chi connectivity index (χ4n) is 3.08. The summed E-state index contributed by atoms with van der Waals surface area (Å²) >= 11 is 5.89. The van der Waals surface area contributed by atoms with Gasteiger partial charge in [0.2, 0.25) is 0 Å². The van der Waals surface area contributed by atoms with Crippen LogP contribution in [-0.4, -0.2) is 36.3 Å². The highest BCUT2D eigenvalue weighted by molar-refractivity contribution is 6.30. The Morgan fingerprint density at radius 1 is 0.909 bits per heavy atom. The minimum atomic E-state index is -0.914. The average Bonchev–Trinajstić information content (AvgIpc) is 2.84. The quantitative estimate of drug-likeness (QED) is 0.289. The van der Waals surface area contributed by atoms with E-state index >= 15 is 0 Å². The van der Waals surface area contributed by atoms with E-state index in [0.29, 0.717) is 27.8 Å². The lowest BCUT2D eigenvalue weighted by molar-refractivity contribution is -0.118. The maximum atomic E-state index is 13.1. The molecule has 3 amide bonds. The molecule has 33 heavy (non-hydrogen) atoms. The number of benzene rings is 3. The molecule has 0 aromatic heterocycles. The van der Waals surface area contributed by atoms with Crippen molar-refractivity contribution in [3.05, 3.63) is 95.0 Å². The molecule has 0 aliphatic rings. The first-order valence-corrected chi connectivity index (χ1v) is 10.8. The van der Waals surface area contributed by atoms with Gasteiger partial charge in [-0.1, -0.05) is 41.9 Å². The zero-order valence-electron chi connectivity index (χ0n) is 18.4. The number of carbonyl (C=O) groups excluding carboxylic acids is 2. The van der Waals surface area contributed by atoms with Crippen molar-refractivity contribution in [1.82, 2.24) is 10.2 Å². The molecule has 4 N–H and O–H groups in total. The normalized spacial score (nSPS) is 11.2. The SMILES string of the molecule is CCN(C)C(=N)c1ccc(NC(=O)C(NC(=O)Nc2ccc(Cl)cc2)c2ccccc2)cc1. The first-order chi connectivity index (χ1) is 15.9. The molecule has 3 rings (SSSR count). The second kappa shape index (κ2) is 11.2. The van der Waals surface area contributed by atoms with Crippen molar-refractivity contribution in [2.24, 2.45) is 0 Å². The van der Waals surface area contributed by atoms with Crippen LogP contribution in [0.4, 0.5) is 16.2 Å². The van der Waals surface area contributed by atoms with E-state index in [2.05, 4.69) is 16.0 Å². The summed E-state index contributed by atoms with van der Waals surface area (Å²) in [6.45, 7) is 2.70. The zero-order chi connectivity index (χ0) is 23.8. The summed E-state index contributed by atoms with van der Waals surface area (Å²) in [5.74, 6) is 0.0130. The molecular formula is C25H26ClN5O2. The third-order valence-corrected chi connectivity index (χ3v) is 5.31. The largest absolute Gasteiger partial charge is 0.360 e. The van der Waals surface area contributed by atoms with Gasteiger partial charge < -0.3 is 20.9 Å². The van der Waals surface area contributed by atoms with E-state index in [4.69, 9.17) is 17.0 Å². The molecule has 3 aromatic rings. The molecule has 1 unspecified atom stereocenters. The third-order valence-electron chi connectivity index (χ3n) is 5.05. The highest BCUT2D eigenvalue weighted by atomic mass is 35.5. The van der Waals surface area contributed by atoms with Gasteiger partial charge >= 0.3 is 6.03 Å². The number of hydrogen-bond donors (Lipinski definition) is 4. The van der Waals surface area contributed by atoms with E-state index in [-0.39, 0.29) is 5.91 Å². The number of urea groups is 1. The molecular weight excluding hydrogens is 438 g/mol. The molecule has 170 valence electrons. The van der Waals surface area contributed by atoms with Crippen molar-refractivity contribution in [3.63, 3.8) is 0 Å². The van der Waals surface area contributed by atoms with Crippen LogP contribution >= 0.6 is 11.6 Å². The number of anilines is 2. The molecule has 0 heterocycles. The van der Waals surface area contributed by atoms with Crippen LogP contribution in [0.5, 0.6) is 0 Å². The van der Waals surface area contributed by atoms with Crippen LogP contribution in [-0.2, 0) is 4.79 Å². The molecule has 0 aliphatic carbocycles. The topological polar surface area (TPSA) is 97.3 Å². The van der Waals surface area contributed by atoms with Crippen LogP contribution in [0.15, 0.2) is 78.9 Å². The summed E-state index contributed by atoms with van der Waals surface area (Å²) in [6, 6.07) is 21.3. The highest BCUT2D eigenvalue weighted by Crippen LogP contribution is 2.18. The second-order valence-electron chi connectivity index (χ2n) is 7.38. The van der Waals surface area contributed by atoms with Crippen LogP contribution in [0.1, 0.15) is 24.1 Å². The lowest BCUT2D eigenvalue weighted by Crippen LogP contribution is -2.39. The van der Waals surface area contributed by atoms with Crippen LogP contribution in [0.25, 0.3) is 0 Å². The van der Waals surface area contributed by atoms with Crippen molar-refractivity contribution in [1.29, 1.82) is 5.41 Å². The van der Waals surface area contributed by atoms with Gasteiger partial charge in [0.25, 0.3) is 5.91 Å². The van der Waals surface area contributed by atoms with Gasteiger partial charge in [-0.05, 0) is 61.0 Å². The van der Waals surface area contributed by atoms with E-state index in [9.17, 15) is 9.59 Å². The Bertz CT molecular complexity index is 1100. The Morgan fingerprint density at radius 2 is 1.48 bits per heavy atom. The van der Waals surface area contributed by atoms with E-state index in [1.807, 2.05) is 24.9 Å². The molecule has 0 bridgehead atoms. The molecule has 0 spiro atoms. The fourth-order valence-corrected chi connectivity index (χ4v) is 3.21. The Labute approximate surface area is 198 Å². The van der Waals surface area contributed by atoms with Gasteiger partial charge in [-0.15, -0.1) is 0 Å². The maximum Gasteiger partial charge on any atom is 0.320 e. The molecule has 0 aliphatic heterocycles. The lowest BCUT2D eigenvalue weighted by Gasteiger charge is -2.20. The Balaban J connectivity index is 1.72. The van der Waals surface area contributed by atoms with Crippen LogP contribution < -0.4 is 16.0 Å². The smallest absolute Gasteiger partial charge is 0.320 e. The Kier molecular flexibility index (Phi) is 8.05. The lowest BCUT2D eigenvalue weighted by atomic mass is 10.1. The minimum absolute atomic E-state index is 0.388. The summed E-state index contributed by atoms with van der Waals surface area (Å²) in [5, 5.41) is 17.0. The zero-order valence-corrected chi connectivity index (χ0v) is 19.2. The molecule has 0 saturated carbocycles. The number of amides is 3. The summed E-state index contributed by atoms with van der Waals surface area (Å²) in [4.78, 5) is 27.5. The van der Waals surface area contributed by atoms with Gasteiger partial charge in [0, 0.05) is 35.6 Å². The van der Waals surface area contributed by atoms with Gasteiger partial charge in [-0.2, -0.15) is 0 Å². The van der Waals surface area contributed by atoms with Gasteiger partial charge in [-0.25, -0.2) is 4.79 Å². The van der Waals surface area contributed by atoms with Crippen molar-refractivity contribution >= 4 is 40.7 Å². The van der Waals surface area contributed by atoms with Crippen molar-refractivity contribution in [3.8, 4) is 0 Å². The number of halogens is 1. The maximum absolute atomic E-state index is 13.1. The number of carbonyl (C=O) groups is 2. The number of nitrogens with zero attached hydrogens (tertiary/aromatic N) is 1. The van der Waals surface area contributed by atoms with Gasteiger partial charge in [0.1, 0.15) is 11.9 Å². The molecule has 3 aromatic carbocycles.